The van der Waals surface area contributed by atoms with Gasteiger partial charge in [0.05, 0.1) is 13.2 Å². The predicted octanol–water partition coefficient (Wildman–Crippen LogP) is 1.00. The molecule has 0 spiro atoms. The summed E-state index contributed by atoms with van der Waals surface area (Å²) < 4.78 is 5.57. The highest BCUT2D eigenvalue weighted by molar-refractivity contribution is 5.81. The summed E-state index contributed by atoms with van der Waals surface area (Å²) in [7, 11) is 0. The number of benzene rings is 1. The number of para-hydroxylation sites is 1. The largest absolute Gasteiger partial charge is 0.494 e. The Morgan fingerprint density at radius 1 is 1.31 bits per heavy atom. The lowest BCUT2D eigenvalue weighted by molar-refractivity contribution is 0.311. The van der Waals surface area contributed by atoms with E-state index in [0.717, 1.165) is 44.4 Å². The Balaban J connectivity index is 1.55. The van der Waals surface area contributed by atoms with Crippen LogP contribution in [0.5, 0.6) is 5.75 Å². The molecule has 0 bridgehead atoms. The molecule has 1 aliphatic heterocycles. The number of nitrogens with zero attached hydrogens (tertiary/aromatic N) is 1. The van der Waals surface area contributed by atoms with Gasteiger partial charge in [0.2, 0.25) is 0 Å². The zero-order chi connectivity index (χ0) is 11.1. The van der Waals surface area contributed by atoms with Crippen LogP contribution in [0, 0.1) is 0 Å². The summed E-state index contributed by atoms with van der Waals surface area (Å²) in [5.41, 5.74) is 0. The monoisotopic (exact) mass is 219 g/mol. The van der Waals surface area contributed by atoms with Gasteiger partial charge in [0, 0.05) is 13.1 Å². The molecule has 0 radical (unpaired) electrons. The first-order chi connectivity index (χ1) is 7.95. The molecule has 0 atom stereocenters. The average molecular weight is 219 g/mol. The van der Waals surface area contributed by atoms with Gasteiger partial charge in [0.15, 0.2) is 5.96 Å². The van der Waals surface area contributed by atoms with Gasteiger partial charge in [-0.1, -0.05) is 18.2 Å². The van der Waals surface area contributed by atoms with E-state index >= 15 is 0 Å². The summed E-state index contributed by atoms with van der Waals surface area (Å²) in [6, 6.07) is 9.87. The Morgan fingerprint density at radius 3 is 2.94 bits per heavy atom. The standard InChI is InChI=1S/C12H17N3O/c1-2-5-11(6-3-1)16-10-4-7-13-12-14-8-9-15-12/h1-3,5-6H,4,7-10H2,(H2,13,14,15). The van der Waals surface area contributed by atoms with E-state index in [2.05, 4.69) is 15.6 Å². The number of hydrogen-bond donors (Lipinski definition) is 2. The first-order valence-corrected chi connectivity index (χ1v) is 5.65. The summed E-state index contributed by atoms with van der Waals surface area (Å²) in [5.74, 6) is 1.85. The van der Waals surface area contributed by atoms with Gasteiger partial charge in [-0.3, -0.25) is 4.99 Å². The zero-order valence-electron chi connectivity index (χ0n) is 9.28. The number of guanidine groups is 1. The van der Waals surface area contributed by atoms with Crippen molar-refractivity contribution in [2.45, 2.75) is 6.42 Å². The highest BCUT2D eigenvalue weighted by Crippen LogP contribution is 2.07. The topological polar surface area (TPSA) is 45.6 Å². The van der Waals surface area contributed by atoms with Crippen LogP contribution in [0.4, 0.5) is 0 Å². The molecule has 0 aliphatic carbocycles. The molecule has 4 nitrogen and oxygen atoms in total. The van der Waals surface area contributed by atoms with Crippen molar-refractivity contribution in [1.82, 2.24) is 10.6 Å². The second-order valence-electron chi connectivity index (χ2n) is 3.60. The molecule has 0 fully saturated rings. The van der Waals surface area contributed by atoms with Crippen LogP contribution in [0.3, 0.4) is 0 Å². The minimum Gasteiger partial charge on any atom is -0.494 e. The van der Waals surface area contributed by atoms with Crippen molar-refractivity contribution < 1.29 is 4.74 Å². The number of rotatable bonds is 5. The van der Waals surface area contributed by atoms with Gasteiger partial charge in [0.1, 0.15) is 5.75 Å². The van der Waals surface area contributed by atoms with E-state index in [-0.39, 0.29) is 0 Å². The fourth-order valence-corrected chi connectivity index (χ4v) is 1.50. The van der Waals surface area contributed by atoms with Crippen LogP contribution in [-0.4, -0.2) is 32.2 Å². The summed E-state index contributed by atoms with van der Waals surface area (Å²) >= 11 is 0. The third-order valence-corrected chi connectivity index (χ3v) is 2.30. The van der Waals surface area contributed by atoms with Crippen molar-refractivity contribution in [3.63, 3.8) is 0 Å². The molecular formula is C12H17N3O. The molecule has 16 heavy (non-hydrogen) atoms. The molecule has 2 rings (SSSR count). The number of hydrogen-bond acceptors (Lipinski definition) is 4. The van der Waals surface area contributed by atoms with Crippen molar-refractivity contribution in [2.24, 2.45) is 4.99 Å². The van der Waals surface area contributed by atoms with Gasteiger partial charge in [-0.25, -0.2) is 0 Å². The Hall–Kier alpha value is -1.71. The van der Waals surface area contributed by atoms with Crippen LogP contribution < -0.4 is 15.4 Å². The maximum Gasteiger partial charge on any atom is 0.191 e. The average Bonchev–Trinajstić information content (AvgIpc) is 2.83. The van der Waals surface area contributed by atoms with Gasteiger partial charge < -0.3 is 15.4 Å². The van der Waals surface area contributed by atoms with Crippen molar-refractivity contribution >= 4 is 5.96 Å². The lowest BCUT2D eigenvalue weighted by atomic mass is 10.3. The van der Waals surface area contributed by atoms with Crippen LogP contribution in [0.1, 0.15) is 6.42 Å². The van der Waals surface area contributed by atoms with Crippen molar-refractivity contribution in [3.05, 3.63) is 30.3 Å². The van der Waals surface area contributed by atoms with Crippen molar-refractivity contribution in [1.29, 1.82) is 0 Å². The molecule has 1 aliphatic rings. The summed E-state index contributed by atoms with van der Waals surface area (Å²) in [6.45, 7) is 3.44. The minimum atomic E-state index is 0.726. The highest BCUT2D eigenvalue weighted by atomic mass is 16.5. The summed E-state index contributed by atoms with van der Waals surface area (Å²) in [4.78, 5) is 4.25. The molecule has 0 amide bonds. The first kappa shape index (κ1) is 10.8. The van der Waals surface area contributed by atoms with Gasteiger partial charge in [-0.05, 0) is 18.6 Å². The molecule has 2 N–H and O–H groups in total. The van der Waals surface area contributed by atoms with Crippen LogP contribution >= 0.6 is 0 Å². The maximum absolute atomic E-state index is 5.57. The van der Waals surface area contributed by atoms with E-state index in [4.69, 9.17) is 4.74 Å². The normalized spacial score (nSPS) is 14.1. The second kappa shape index (κ2) is 6.00. The zero-order valence-corrected chi connectivity index (χ0v) is 9.28. The highest BCUT2D eigenvalue weighted by Gasteiger charge is 2.02. The molecule has 4 heteroatoms. The maximum atomic E-state index is 5.57. The fraction of sp³-hybridized carbons (Fsp3) is 0.417. The molecule has 1 aromatic carbocycles. The van der Waals surface area contributed by atoms with E-state index in [1.54, 1.807) is 0 Å². The second-order valence-corrected chi connectivity index (χ2v) is 3.60. The van der Waals surface area contributed by atoms with Crippen LogP contribution in [-0.2, 0) is 0 Å². The predicted molar refractivity (Wildman–Crippen MR) is 64.9 cm³/mol. The lowest BCUT2D eigenvalue weighted by Gasteiger charge is -2.07. The Labute approximate surface area is 95.7 Å². The molecule has 86 valence electrons. The van der Waals surface area contributed by atoms with Gasteiger partial charge in [-0.2, -0.15) is 0 Å². The number of aliphatic imine (C=N–C) groups is 1. The Bertz CT molecular complexity index is 337. The molecule has 1 heterocycles. The number of ether oxygens (including phenoxy) is 1. The van der Waals surface area contributed by atoms with E-state index in [0.29, 0.717) is 0 Å². The van der Waals surface area contributed by atoms with Gasteiger partial charge >= 0.3 is 0 Å². The van der Waals surface area contributed by atoms with Gasteiger partial charge in [0.25, 0.3) is 0 Å². The molecule has 0 aromatic heterocycles. The first-order valence-electron chi connectivity index (χ1n) is 5.65. The molecule has 0 saturated carbocycles. The van der Waals surface area contributed by atoms with Crippen LogP contribution in [0.15, 0.2) is 35.3 Å². The minimum absolute atomic E-state index is 0.726. The molecule has 0 unspecified atom stereocenters. The van der Waals surface area contributed by atoms with Crippen LogP contribution in [0.25, 0.3) is 0 Å². The Kier molecular flexibility index (Phi) is 4.05. The summed E-state index contributed by atoms with van der Waals surface area (Å²) in [6.07, 6.45) is 0.968. The fourth-order valence-electron chi connectivity index (χ4n) is 1.50. The smallest absolute Gasteiger partial charge is 0.191 e. The van der Waals surface area contributed by atoms with E-state index in [1.807, 2.05) is 30.3 Å². The molecule has 0 saturated heterocycles. The third-order valence-electron chi connectivity index (χ3n) is 2.30. The van der Waals surface area contributed by atoms with E-state index in [9.17, 15) is 0 Å². The van der Waals surface area contributed by atoms with E-state index in [1.165, 1.54) is 0 Å². The van der Waals surface area contributed by atoms with Crippen LogP contribution in [0.2, 0.25) is 0 Å². The van der Waals surface area contributed by atoms with Crippen molar-refractivity contribution in [2.75, 3.05) is 26.2 Å². The SMILES string of the molecule is c1ccc(OCCCNC2=NCCN2)cc1. The third kappa shape index (κ3) is 3.46. The van der Waals surface area contributed by atoms with Gasteiger partial charge in [-0.15, -0.1) is 0 Å². The number of nitrogens with one attached hydrogen (secondary N) is 2. The Morgan fingerprint density at radius 2 is 2.19 bits per heavy atom. The lowest BCUT2D eigenvalue weighted by Crippen LogP contribution is -2.34. The molecule has 1 aromatic rings. The van der Waals surface area contributed by atoms with Crippen molar-refractivity contribution in [3.8, 4) is 5.75 Å². The quantitative estimate of drug-likeness (QED) is 0.726. The van der Waals surface area contributed by atoms with E-state index < -0.39 is 0 Å². The summed E-state index contributed by atoms with van der Waals surface area (Å²) in [5, 5.41) is 6.39. The molecular weight excluding hydrogens is 202 g/mol.